The lowest BCUT2D eigenvalue weighted by atomic mass is 9.86. The normalized spacial score (nSPS) is 17.8. The quantitative estimate of drug-likeness (QED) is 0.796. The van der Waals surface area contributed by atoms with E-state index in [4.69, 9.17) is 0 Å². The molecule has 0 aliphatic carbocycles. The maximum Gasteiger partial charge on any atom is 0.255 e. The van der Waals surface area contributed by atoms with Crippen LogP contribution in [0.4, 0.5) is 0 Å². The van der Waals surface area contributed by atoms with Crippen molar-refractivity contribution in [3.8, 4) is 0 Å². The van der Waals surface area contributed by atoms with E-state index >= 15 is 0 Å². The van der Waals surface area contributed by atoms with Gasteiger partial charge in [0.05, 0.1) is 5.88 Å². The zero-order chi connectivity index (χ0) is 17.7. The van der Waals surface area contributed by atoms with Crippen LogP contribution < -0.4 is 10.6 Å². The fourth-order valence-electron chi connectivity index (χ4n) is 2.57. The van der Waals surface area contributed by atoms with Gasteiger partial charge in [-0.05, 0) is 30.2 Å². The van der Waals surface area contributed by atoms with Gasteiger partial charge in [-0.25, -0.2) is 0 Å². The van der Waals surface area contributed by atoms with Crippen LogP contribution in [0.15, 0.2) is 24.3 Å². The summed E-state index contributed by atoms with van der Waals surface area (Å²) >= 11 is 1.62. The Morgan fingerprint density at radius 3 is 2.46 bits per heavy atom. The van der Waals surface area contributed by atoms with Gasteiger partial charge in [0.25, 0.3) is 5.91 Å². The minimum atomic E-state index is -0.387. The van der Waals surface area contributed by atoms with Gasteiger partial charge in [0.2, 0.25) is 5.91 Å². The van der Waals surface area contributed by atoms with Crippen LogP contribution in [0.25, 0.3) is 0 Å². The second-order valence-corrected chi connectivity index (χ2v) is 8.01. The number of amides is 2. The molecule has 0 spiro atoms. The van der Waals surface area contributed by atoms with Gasteiger partial charge in [0.1, 0.15) is 6.04 Å². The van der Waals surface area contributed by atoms with E-state index in [2.05, 4.69) is 31.4 Å². The van der Waals surface area contributed by atoms with Crippen LogP contribution >= 0.6 is 11.8 Å². The summed E-state index contributed by atoms with van der Waals surface area (Å²) in [5.41, 5.74) is 1.88. The van der Waals surface area contributed by atoms with Gasteiger partial charge >= 0.3 is 0 Å². The van der Waals surface area contributed by atoms with Gasteiger partial charge in [-0.1, -0.05) is 32.9 Å². The molecule has 1 aliphatic rings. The highest BCUT2D eigenvalue weighted by Crippen LogP contribution is 2.25. The molecule has 132 valence electrons. The lowest BCUT2D eigenvalue weighted by Gasteiger charge is -2.24. The van der Waals surface area contributed by atoms with Crippen LogP contribution in [0.5, 0.6) is 0 Å². The molecule has 1 unspecified atom stereocenters. The van der Waals surface area contributed by atoms with Crippen LogP contribution in [0.2, 0.25) is 0 Å². The zero-order valence-corrected chi connectivity index (χ0v) is 15.7. The van der Waals surface area contributed by atoms with Crippen molar-refractivity contribution in [3.05, 3.63) is 35.4 Å². The Morgan fingerprint density at radius 1 is 1.21 bits per heavy atom. The largest absolute Gasteiger partial charge is 0.353 e. The molecule has 2 N–H and O–H groups in total. The Labute approximate surface area is 148 Å². The summed E-state index contributed by atoms with van der Waals surface area (Å²) in [5, 5.41) is 5.87. The van der Waals surface area contributed by atoms with Crippen LogP contribution in [-0.2, 0) is 10.2 Å². The Kier molecular flexibility index (Phi) is 6.29. The van der Waals surface area contributed by atoms with Crippen LogP contribution in [0.1, 0.15) is 36.7 Å². The average molecular weight is 350 g/mol. The molecule has 1 aromatic rings. The number of hydrogen-bond acceptors (Lipinski definition) is 4. The summed E-state index contributed by atoms with van der Waals surface area (Å²) in [7, 11) is 1.84. The molecule has 1 fully saturated rings. The van der Waals surface area contributed by atoms with E-state index in [1.807, 2.05) is 31.3 Å². The molecular formula is C18H27N3O2S. The van der Waals surface area contributed by atoms with Crippen molar-refractivity contribution in [2.45, 2.75) is 32.2 Å². The summed E-state index contributed by atoms with van der Waals surface area (Å²) in [6.07, 6.45) is 0. The molecule has 1 atom stereocenters. The van der Waals surface area contributed by atoms with Gasteiger partial charge in [-0.15, -0.1) is 11.8 Å². The van der Waals surface area contributed by atoms with Crippen LogP contribution in [0.3, 0.4) is 0 Å². The molecule has 6 heteroatoms. The minimum Gasteiger partial charge on any atom is -0.353 e. The fourth-order valence-corrected chi connectivity index (χ4v) is 3.72. The Morgan fingerprint density at radius 2 is 1.88 bits per heavy atom. The summed E-state index contributed by atoms with van der Waals surface area (Å²) in [6, 6.07) is 7.34. The number of nitrogens with zero attached hydrogens (tertiary/aromatic N) is 1. The molecule has 2 amide bonds. The average Bonchev–Trinajstić information content (AvgIpc) is 3.03. The van der Waals surface area contributed by atoms with E-state index in [0.29, 0.717) is 30.3 Å². The van der Waals surface area contributed by atoms with Gasteiger partial charge in [0.15, 0.2) is 0 Å². The maximum absolute atomic E-state index is 12.8. The number of thioether (sulfide) groups is 1. The predicted octanol–water partition coefficient (Wildman–Crippen LogP) is 1.83. The first-order chi connectivity index (χ1) is 11.3. The van der Waals surface area contributed by atoms with E-state index in [1.165, 1.54) is 5.56 Å². The Hall–Kier alpha value is -1.53. The zero-order valence-electron chi connectivity index (χ0n) is 14.9. The number of likely N-dealkylation sites (N-methyl/N-ethyl adjacent to an activating group) is 1. The molecule has 0 saturated carbocycles. The van der Waals surface area contributed by atoms with Gasteiger partial charge in [-0.2, -0.15) is 0 Å². The number of carbonyl (C=O) groups excluding carboxylic acids is 2. The molecule has 0 bridgehead atoms. The molecule has 24 heavy (non-hydrogen) atoms. The smallest absolute Gasteiger partial charge is 0.255 e. The molecule has 1 heterocycles. The van der Waals surface area contributed by atoms with Crippen molar-refractivity contribution in [1.29, 1.82) is 0 Å². The Bertz CT molecular complexity index is 581. The molecular weight excluding hydrogens is 322 g/mol. The summed E-state index contributed by atoms with van der Waals surface area (Å²) in [4.78, 5) is 26.8. The number of carbonyl (C=O) groups is 2. The third-order valence-corrected chi connectivity index (χ3v) is 5.13. The van der Waals surface area contributed by atoms with Crippen molar-refractivity contribution in [1.82, 2.24) is 15.5 Å². The van der Waals surface area contributed by atoms with Gasteiger partial charge in [-0.3, -0.25) is 9.59 Å². The second-order valence-electron chi connectivity index (χ2n) is 7.01. The number of rotatable bonds is 5. The second kappa shape index (κ2) is 8.03. The third-order valence-electron chi connectivity index (χ3n) is 4.12. The number of hydrogen-bond donors (Lipinski definition) is 2. The molecule has 1 aromatic carbocycles. The summed E-state index contributed by atoms with van der Waals surface area (Å²) in [6.45, 7) is 7.72. The van der Waals surface area contributed by atoms with Gasteiger partial charge < -0.3 is 15.5 Å². The lowest BCUT2D eigenvalue weighted by Crippen LogP contribution is -2.48. The highest BCUT2D eigenvalue weighted by Gasteiger charge is 2.34. The lowest BCUT2D eigenvalue weighted by molar-refractivity contribution is -0.124. The highest BCUT2D eigenvalue weighted by atomic mass is 32.2. The SMILES string of the molecule is CNCCNC(=O)C1CSCN1C(=O)c1ccc(C(C)(C)C)cc1. The fraction of sp³-hybridized carbons (Fsp3) is 0.556. The predicted molar refractivity (Wildman–Crippen MR) is 99.4 cm³/mol. The van der Waals surface area contributed by atoms with E-state index in [-0.39, 0.29) is 23.3 Å². The van der Waals surface area contributed by atoms with E-state index in [1.54, 1.807) is 16.7 Å². The first-order valence-electron chi connectivity index (χ1n) is 8.26. The molecule has 0 radical (unpaired) electrons. The van der Waals surface area contributed by atoms with E-state index < -0.39 is 0 Å². The Balaban J connectivity index is 2.06. The molecule has 0 aromatic heterocycles. The van der Waals surface area contributed by atoms with E-state index in [9.17, 15) is 9.59 Å². The maximum atomic E-state index is 12.8. The third kappa shape index (κ3) is 4.51. The van der Waals surface area contributed by atoms with Crippen molar-refractivity contribution in [2.75, 3.05) is 31.8 Å². The number of benzene rings is 1. The van der Waals surface area contributed by atoms with Crippen molar-refractivity contribution in [2.24, 2.45) is 0 Å². The topological polar surface area (TPSA) is 61.4 Å². The van der Waals surface area contributed by atoms with Crippen LogP contribution in [0, 0.1) is 0 Å². The molecule has 2 rings (SSSR count). The standard InChI is InChI=1S/C18H27N3O2S/c1-18(2,3)14-7-5-13(6-8-14)17(23)21-12-24-11-15(21)16(22)20-10-9-19-4/h5-8,15,19H,9-12H2,1-4H3,(H,20,22). The van der Waals surface area contributed by atoms with E-state index in [0.717, 1.165) is 0 Å². The molecule has 1 saturated heterocycles. The van der Waals surface area contributed by atoms with Crippen molar-refractivity contribution in [3.63, 3.8) is 0 Å². The molecule has 1 aliphatic heterocycles. The summed E-state index contributed by atoms with van der Waals surface area (Å²) < 4.78 is 0. The van der Waals surface area contributed by atoms with Crippen molar-refractivity contribution >= 4 is 23.6 Å². The van der Waals surface area contributed by atoms with Gasteiger partial charge in [0, 0.05) is 24.4 Å². The number of nitrogens with one attached hydrogen (secondary N) is 2. The monoisotopic (exact) mass is 349 g/mol. The van der Waals surface area contributed by atoms with Crippen molar-refractivity contribution < 1.29 is 9.59 Å². The summed E-state index contributed by atoms with van der Waals surface area (Å²) in [5.74, 6) is 1.06. The first kappa shape index (κ1) is 18.8. The molecule has 5 nitrogen and oxygen atoms in total. The minimum absolute atomic E-state index is 0.0564. The first-order valence-corrected chi connectivity index (χ1v) is 9.41. The van der Waals surface area contributed by atoms with Crippen LogP contribution in [-0.4, -0.2) is 54.5 Å². The highest BCUT2D eigenvalue weighted by molar-refractivity contribution is 7.99.